The number of carbonyl (C=O) groups is 2. The number of carbonyl (C=O) groups excluding carboxylic acids is 2. The molecule has 2 heterocycles. The SMILES string of the molecule is O=C(NNC(=O)c1cc(-c2ccc(F)cc2)nc2ccccc12)Nc1cccnc1. The number of rotatable bonds is 3. The maximum atomic E-state index is 13.3. The molecule has 0 spiro atoms. The molecule has 0 atom stereocenters. The van der Waals surface area contributed by atoms with E-state index in [2.05, 4.69) is 26.1 Å². The van der Waals surface area contributed by atoms with Gasteiger partial charge in [-0.15, -0.1) is 0 Å². The normalized spacial score (nSPS) is 10.4. The van der Waals surface area contributed by atoms with Gasteiger partial charge in [-0.05, 0) is 48.5 Å². The zero-order valence-corrected chi connectivity index (χ0v) is 15.6. The van der Waals surface area contributed by atoms with Gasteiger partial charge in [-0.25, -0.2) is 19.6 Å². The van der Waals surface area contributed by atoms with Crippen molar-refractivity contribution in [2.45, 2.75) is 0 Å². The van der Waals surface area contributed by atoms with Crippen LogP contribution in [0.5, 0.6) is 0 Å². The Morgan fingerprint density at radius 1 is 0.900 bits per heavy atom. The molecule has 2 aromatic carbocycles. The van der Waals surface area contributed by atoms with Gasteiger partial charge >= 0.3 is 6.03 Å². The molecule has 0 aliphatic heterocycles. The third-order valence-electron chi connectivity index (χ3n) is 4.31. The Labute approximate surface area is 171 Å². The summed E-state index contributed by atoms with van der Waals surface area (Å²) in [6.45, 7) is 0. The first-order chi connectivity index (χ1) is 14.6. The van der Waals surface area contributed by atoms with E-state index >= 15 is 0 Å². The van der Waals surface area contributed by atoms with E-state index in [0.717, 1.165) is 0 Å². The fourth-order valence-electron chi connectivity index (χ4n) is 2.91. The number of hydrogen-bond donors (Lipinski definition) is 3. The average Bonchev–Trinajstić information content (AvgIpc) is 2.78. The number of para-hydroxylation sites is 1. The Kier molecular flexibility index (Phi) is 5.29. The smallest absolute Gasteiger partial charge is 0.305 e. The van der Waals surface area contributed by atoms with Gasteiger partial charge in [0.2, 0.25) is 0 Å². The lowest BCUT2D eigenvalue weighted by Gasteiger charge is -2.12. The zero-order valence-electron chi connectivity index (χ0n) is 15.6. The molecule has 8 heteroatoms. The number of aromatic nitrogens is 2. The minimum absolute atomic E-state index is 0.321. The summed E-state index contributed by atoms with van der Waals surface area (Å²) in [6.07, 6.45) is 3.06. The number of pyridine rings is 2. The lowest BCUT2D eigenvalue weighted by atomic mass is 10.0. The molecule has 0 aliphatic carbocycles. The number of anilines is 1. The molecule has 0 saturated heterocycles. The van der Waals surface area contributed by atoms with Gasteiger partial charge in [0.15, 0.2) is 0 Å². The molecule has 7 nitrogen and oxygen atoms in total. The van der Waals surface area contributed by atoms with Gasteiger partial charge in [0.1, 0.15) is 5.82 Å². The molecule has 0 bridgehead atoms. The number of benzene rings is 2. The van der Waals surface area contributed by atoms with Gasteiger partial charge in [0.25, 0.3) is 5.91 Å². The zero-order chi connectivity index (χ0) is 20.9. The molecule has 30 heavy (non-hydrogen) atoms. The molecule has 3 N–H and O–H groups in total. The van der Waals surface area contributed by atoms with E-state index in [4.69, 9.17) is 0 Å². The van der Waals surface area contributed by atoms with Crippen LogP contribution in [0.2, 0.25) is 0 Å². The highest BCUT2D eigenvalue weighted by Gasteiger charge is 2.15. The van der Waals surface area contributed by atoms with Crippen LogP contribution in [-0.4, -0.2) is 21.9 Å². The first kappa shape index (κ1) is 19.0. The second-order valence-electron chi connectivity index (χ2n) is 6.35. The van der Waals surface area contributed by atoms with E-state index < -0.39 is 11.9 Å². The molecule has 0 unspecified atom stereocenters. The molecule has 4 aromatic rings. The van der Waals surface area contributed by atoms with Crippen LogP contribution in [0.4, 0.5) is 14.9 Å². The van der Waals surface area contributed by atoms with Crippen LogP contribution in [0.3, 0.4) is 0 Å². The number of nitrogens with one attached hydrogen (secondary N) is 3. The van der Waals surface area contributed by atoms with Crippen LogP contribution >= 0.6 is 0 Å². The summed E-state index contributed by atoms with van der Waals surface area (Å²) in [4.78, 5) is 33.3. The Morgan fingerprint density at radius 3 is 2.47 bits per heavy atom. The molecule has 3 amide bonds. The summed E-state index contributed by atoms with van der Waals surface area (Å²) in [5, 5.41) is 3.17. The first-order valence-electron chi connectivity index (χ1n) is 9.03. The van der Waals surface area contributed by atoms with Gasteiger partial charge in [-0.3, -0.25) is 15.2 Å². The maximum absolute atomic E-state index is 13.3. The van der Waals surface area contributed by atoms with E-state index in [-0.39, 0.29) is 5.82 Å². The Bertz CT molecular complexity index is 1210. The number of hydrogen-bond acceptors (Lipinski definition) is 4. The van der Waals surface area contributed by atoms with Crippen LogP contribution in [0.25, 0.3) is 22.2 Å². The van der Waals surface area contributed by atoms with Crippen molar-refractivity contribution in [3.63, 3.8) is 0 Å². The number of halogens is 1. The quantitative estimate of drug-likeness (QED) is 0.454. The van der Waals surface area contributed by atoms with Gasteiger partial charge in [0, 0.05) is 17.1 Å². The van der Waals surface area contributed by atoms with Crippen molar-refractivity contribution in [2.75, 3.05) is 5.32 Å². The van der Waals surface area contributed by atoms with E-state index in [1.165, 1.54) is 18.3 Å². The number of urea groups is 1. The molecular weight excluding hydrogens is 385 g/mol. The van der Waals surface area contributed by atoms with Gasteiger partial charge in [-0.2, -0.15) is 0 Å². The Balaban J connectivity index is 1.58. The summed E-state index contributed by atoms with van der Waals surface area (Å²) in [5.41, 5.74) is 7.29. The maximum Gasteiger partial charge on any atom is 0.337 e. The molecular formula is C22H16FN5O2. The largest absolute Gasteiger partial charge is 0.337 e. The van der Waals surface area contributed by atoms with Crippen LogP contribution in [0, 0.1) is 5.82 Å². The van der Waals surface area contributed by atoms with Crippen molar-refractivity contribution in [1.82, 2.24) is 20.8 Å². The lowest BCUT2D eigenvalue weighted by molar-refractivity contribution is 0.0939. The van der Waals surface area contributed by atoms with E-state index in [1.807, 2.05) is 6.07 Å². The number of amides is 3. The van der Waals surface area contributed by atoms with Crippen molar-refractivity contribution in [3.8, 4) is 11.3 Å². The monoisotopic (exact) mass is 401 g/mol. The second kappa shape index (κ2) is 8.36. The van der Waals surface area contributed by atoms with Crippen molar-refractivity contribution in [1.29, 1.82) is 0 Å². The highest BCUT2D eigenvalue weighted by molar-refractivity contribution is 6.07. The van der Waals surface area contributed by atoms with Crippen molar-refractivity contribution in [3.05, 3.63) is 90.5 Å². The minimum atomic E-state index is -0.617. The molecule has 4 rings (SSSR count). The fraction of sp³-hybridized carbons (Fsp3) is 0. The number of hydrazine groups is 1. The summed E-state index contributed by atoms with van der Waals surface area (Å²) < 4.78 is 13.3. The fourth-order valence-corrected chi connectivity index (χ4v) is 2.91. The molecule has 0 aliphatic rings. The predicted molar refractivity (Wildman–Crippen MR) is 111 cm³/mol. The van der Waals surface area contributed by atoms with Crippen LogP contribution < -0.4 is 16.2 Å². The van der Waals surface area contributed by atoms with Crippen molar-refractivity contribution in [2.24, 2.45) is 0 Å². The standard InChI is InChI=1S/C22H16FN5O2/c23-15-9-7-14(8-10-15)20-12-18(17-5-1-2-6-19(17)26-20)21(29)27-28-22(30)25-16-4-3-11-24-13-16/h1-13H,(H,27,29)(H2,25,28,30). The lowest BCUT2D eigenvalue weighted by Crippen LogP contribution is -2.44. The van der Waals surface area contributed by atoms with E-state index in [1.54, 1.807) is 54.7 Å². The minimum Gasteiger partial charge on any atom is -0.305 e. The summed E-state index contributed by atoms with van der Waals surface area (Å²) in [5.74, 6) is -0.875. The molecule has 0 radical (unpaired) electrons. The highest BCUT2D eigenvalue weighted by Crippen LogP contribution is 2.25. The second-order valence-corrected chi connectivity index (χ2v) is 6.35. The highest BCUT2D eigenvalue weighted by atomic mass is 19.1. The number of fused-ring (bicyclic) bond motifs is 1. The van der Waals surface area contributed by atoms with Crippen LogP contribution in [-0.2, 0) is 0 Å². The van der Waals surface area contributed by atoms with Gasteiger partial charge in [0.05, 0.1) is 28.7 Å². The average molecular weight is 401 g/mol. The van der Waals surface area contributed by atoms with Crippen molar-refractivity contribution < 1.29 is 14.0 Å². The van der Waals surface area contributed by atoms with E-state index in [0.29, 0.717) is 33.4 Å². The first-order valence-corrected chi connectivity index (χ1v) is 9.03. The summed E-state index contributed by atoms with van der Waals surface area (Å²) >= 11 is 0. The molecule has 0 fully saturated rings. The predicted octanol–water partition coefficient (Wildman–Crippen LogP) is 3.90. The van der Waals surface area contributed by atoms with Gasteiger partial charge in [-0.1, -0.05) is 18.2 Å². The third-order valence-corrected chi connectivity index (χ3v) is 4.31. The van der Waals surface area contributed by atoms with E-state index in [9.17, 15) is 14.0 Å². The number of nitrogens with zero attached hydrogens (tertiary/aromatic N) is 2. The van der Waals surface area contributed by atoms with Gasteiger partial charge < -0.3 is 5.32 Å². The molecule has 0 saturated carbocycles. The Hall–Kier alpha value is -4.33. The molecule has 2 aromatic heterocycles. The molecule has 148 valence electrons. The van der Waals surface area contributed by atoms with Crippen LogP contribution in [0.1, 0.15) is 10.4 Å². The Morgan fingerprint density at radius 2 is 1.70 bits per heavy atom. The van der Waals surface area contributed by atoms with Crippen molar-refractivity contribution >= 4 is 28.5 Å². The van der Waals surface area contributed by atoms with Crippen LogP contribution in [0.15, 0.2) is 79.1 Å². The summed E-state index contributed by atoms with van der Waals surface area (Å²) in [6, 6.07) is 17.3. The topological polar surface area (TPSA) is 96.0 Å². The summed E-state index contributed by atoms with van der Waals surface area (Å²) in [7, 11) is 0. The third kappa shape index (κ3) is 4.22.